The van der Waals surface area contributed by atoms with Gasteiger partial charge in [0, 0.05) is 26.1 Å². The van der Waals surface area contributed by atoms with Crippen molar-refractivity contribution in [3.8, 4) is 11.5 Å². The van der Waals surface area contributed by atoms with Gasteiger partial charge in [-0.25, -0.2) is 4.79 Å². The van der Waals surface area contributed by atoms with Crippen LogP contribution in [0.1, 0.15) is 32.1 Å². The van der Waals surface area contributed by atoms with Crippen LogP contribution in [0, 0.1) is 0 Å². The van der Waals surface area contributed by atoms with Gasteiger partial charge in [0.15, 0.2) is 0 Å². The molecule has 0 aliphatic carbocycles. The smallest absolute Gasteiger partial charge is 0.314 e. The summed E-state index contributed by atoms with van der Waals surface area (Å²) in [6.07, 6.45) is 4.89. The van der Waals surface area contributed by atoms with Gasteiger partial charge in [-0.15, -0.1) is 0 Å². The van der Waals surface area contributed by atoms with Crippen LogP contribution in [0.2, 0.25) is 0 Å². The predicted octanol–water partition coefficient (Wildman–Crippen LogP) is 2.17. The van der Waals surface area contributed by atoms with Gasteiger partial charge in [-0.2, -0.15) is 0 Å². The molecule has 0 aromatic heterocycles. The molecule has 1 saturated heterocycles. The molecule has 1 heterocycles. The zero-order valence-corrected chi connectivity index (χ0v) is 15.5. The van der Waals surface area contributed by atoms with Crippen molar-refractivity contribution in [3.63, 3.8) is 0 Å². The number of rotatable bonds is 8. The molecule has 7 heteroatoms. The van der Waals surface area contributed by atoms with Crippen molar-refractivity contribution in [3.05, 3.63) is 24.3 Å². The quantitative estimate of drug-likeness (QED) is 0.694. The second-order valence-corrected chi connectivity index (χ2v) is 6.25. The highest BCUT2D eigenvalue weighted by molar-refractivity contribution is 5.78. The van der Waals surface area contributed by atoms with Crippen LogP contribution >= 0.6 is 0 Å². The number of hydrogen-bond donors (Lipinski definition) is 2. The van der Waals surface area contributed by atoms with Crippen LogP contribution < -0.4 is 20.1 Å². The SMILES string of the molecule is COc1ccc(OCCNC(=O)NCCC(=O)N2CCCCCC2)cc1. The number of carbonyl (C=O) groups excluding carboxylic acids is 2. The fourth-order valence-corrected chi connectivity index (χ4v) is 2.83. The van der Waals surface area contributed by atoms with Crippen molar-refractivity contribution in [1.82, 2.24) is 15.5 Å². The first kappa shape index (κ1) is 19.9. The number of urea groups is 1. The highest BCUT2D eigenvalue weighted by Gasteiger charge is 2.15. The molecule has 1 fully saturated rings. The maximum absolute atomic E-state index is 12.1. The number of carbonyl (C=O) groups is 2. The van der Waals surface area contributed by atoms with Crippen LogP contribution in [0.4, 0.5) is 4.79 Å². The van der Waals surface area contributed by atoms with Gasteiger partial charge in [-0.05, 0) is 37.1 Å². The number of nitrogens with zero attached hydrogens (tertiary/aromatic N) is 1. The molecule has 26 heavy (non-hydrogen) atoms. The number of amides is 3. The van der Waals surface area contributed by atoms with Gasteiger partial charge in [-0.3, -0.25) is 4.79 Å². The number of hydrogen-bond acceptors (Lipinski definition) is 4. The van der Waals surface area contributed by atoms with Crippen molar-refractivity contribution in [2.24, 2.45) is 0 Å². The first-order valence-electron chi connectivity index (χ1n) is 9.25. The third kappa shape index (κ3) is 7.21. The number of likely N-dealkylation sites (tertiary alicyclic amines) is 1. The minimum Gasteiger partial charge on any atom is -0.497 e. The fourth-order valence-electron chi connectivity index (χ4n) is 2.83. The van der Waals surface area contributed by atoms with E-state index in [9.17, 15) is 9.59 Å². The Hall–Kier alpha value is -2.44. The molecule has 7 nitrogen and oxygen atoms in total. The topological polar surface area (TPSA) is 79.9 Å². The van der Waals surface area contributed by atoms with Gasteiger partial charge < -0.3 is 25.0 Å². The molecule has 0 atom stereocenters. The molecule has 0 unspecified atom stereocenters. The monoisotopic (exact) mass is 363 g/mol. The zero-order valence-electron chi connectivity index (χ0n) is 15.5. The Morgan fingerprint density at radius 1 is 0.962 bits per heavy atom. The maximum atomic E-state index is 12.1. The summed E-state index contributed by atoms with van der Waals surface area (Å²) in [5.74, 6) is 1.61. The number of nitrogens with one attached hydrogen (secondary N) is 2. The minimum atomic E-state index is -0.285. The van der Waals surface area contributed by atoms with E-state index >= 15 is 0 Å². The summed E-state index contributed by atoms with van der Waals surface area (Å²) in [6, 6.07) is 6.97. The molecule has 1 aromatic rings. The zero-order chi connectivity index (χ0) is 18.6. The van der Waals surface area contributed by atoms with Gasteiger partial charge in [-0.1, -0.05) is 12.8 Å². The summed E-state index contributed by atoms with van der Waals surface area (Å²) in [5, 5.41) is 5.43. The fraction of sp³-hybridized carbons (Fsp3) is 0.579. The summed E-state index contributed by atoms with van der Waals surface area (Å²) in [6.45, 7) is 2.78. The molecule has 0 spiro atoms. The summed E-state index contributed by atoms with van der Waals surface area (Å²) < 4.78 is 10.6. The van der Waals surface area contributed by atoms with Crippen LogP contribution in [0.15, 0.2) is 24.3 Å². The van der Waals surface area contributed by atoms with Gasteiger partial charge in [0.25, 0.3) is 0 Å². The van der Waals surface area contributed by atoms with Crippen molar-refractivity contribution in [2.45, 2.75) is 32.1 Å². The average molecular weight is 363 g/mol. The van der Waals surface area contributed by atoms with E-state index < -0.39 is 0 Å². The van der Waals surface area contributed by atoms with E-state index in [0.29, 0.717) is 26.1 Å². The van der Waals surface area contributed by atoms with Crippen LogP contribution in [0.25, 0.3) is 0 Å². The van der Waals surface area contributed by atoms with Crippen molar-refractivity contribution in [1.29, 1.82) is 0 Å². The summed E-state index contributed by atoms with van der Waals surface area (Å²) in [5.41, 5.74) is 0. The lowest BCUT2D eigenvalue weighted by molar-refractivity contribution is -0.131. The average Bonchev–Trinajstić information content (AvgIpc) is 2.95. The lowest BCUT2D eigenvalue weighted by Gasteiger charge is -2.20. The largest absolute Gasteiger partial charge is 0.497 e. The standard InChI is InChI=1S/C19H29N3O4/c1-25-16-6-8-17(9-7-16)26-15-12-21-19(24)20-11-10-18(23)22-13-4-2-3-5-14-22/h6-9H,2-5,10-15H2,1H3,(H2,20,21,24). The number of benzene rings is 1. The first-order valence-corrected chi connectivity index (χ1v) is 9.25. The molecule has 1 aromatic carbocycles. The molecule has 0 saturated carbocycles. The molecule has 1 aliphatic heterocycles. The summed E-state index contributed by atoms with van der Waals surface area (Å²) in [7, 11) is 1.61. The molecule has 0 radical (unpaired) electrons. The Kier molecular flexibility index (Phi) is 8.59. The molecular formula is C19H29N3O4. The lowest BCUT2D eigenvalue weighted by atomic mass is 10.2. The van der Waals surface area contributed by atoms with E-state index in [2.05, 4.69) is 10.6 Å². The molecule has 2 rings (SSSR count). The molecule has 2 N–H and O–H groups in total. The predicted molar refractivity (Wildman–Crippen MR) is 99.6 cm³/mol. The Morgan fingerprint density at radius 3 is 2.23 bits per heavy atom. The van der Waals surface area contributed by atoms with Crippen LogP contribution in [-0.4, -0.2) is 56.7 Å². The van der Waals surface area contributed by atoms with Crippen LogP contribution in [0.3, 0.4) is 0 Å². The molecule has 3 amide bonds. The third-order valence-electron chi connectivity index (χ3n) is 4.30. The lowest BCUT2D eigenvalue weighted by Crippen LogP contribution is -2.40. The summed E-state index contributed by atoms with van der Waals surface area (Å²) >= 11 is 0. The highest BCUT2D eigenvalue weighted by Crippen LogP contribution is 2.16. The number of ether oxygens (including phenoxy) is 2. The molecule has 0 bridgehead atoms. The van der Waals surface area contributed by atoms with Crippen LogP contribution in [0.5, 0.6) is 11.5 Å². The van der Waals surface area contributed by atoms with Gasteiger partial charge in [0.1, 0.15) is 18.1 Å². The second kappa shape index (κ2) is 11.2. The summed E-state index contributed by atoms with van der Waals surface area (Å²) in [4.78, 5) is 25.8. The van der Waals surface area contributed by atoms with E-state index in [1.54, 1.807) is 7.11 Å². The molecule has 144 valence electrons. The first-order chi connectivity index (χ1) is 12.7. The highest BCUT2D eigenvalue weighted by atomic mass is 16.5. The van der Waals surface area contributed by atoms with Crippen LogP contribution in [-0.2, 0) is 4.79 Å². The third-order valence-corrected chi connectivity index (χ3v) is 4.30. The van der Waals surface area contributed by atoms with Gasteiger partial charge in [0.05, 0.1) is 13.7 Å². The van der Waals surface area contributed by atoms with E-state index in [1.807, 2.05) is 29.2 Å². The number of methoxy groups -OCH3 is 1. The Labute approximate surface area is 155 Å². The maximum Gasteiger partial charge on any atom is 0.314 e. The van der Waals surface area contributed by atoms with E-state index in [1.165, 1.54) is 12.8 Å². The van der Waals surface area contributed by atoms with Gasteiger partial charge >= 0.3 is 6.03 Å². The normalized spacial score (nSPS) is 14.3. The Morgan fingerprint density at radius 2 is 1.58 bits per heavy atom. The minimum absolute atomic E-state index is 0.120. The van der Waals surface area contributed by atoms with Crippen molar-refractivity contribution in [2.75, 3.05) is 39.9 Å². The molecular weight excluding hydrogens is 334 g/mol. The van der Waals surface area contributed by atoms with Gasteiger partial charge in [0.2, 0.25) is 5.91 Å². The van der Waals surface area contributed by atoms with E-state index in [4.69, 9.17) is 9.47 Å². The molecule has 1 aliphatic rings. The Bertz CT molecular complexity index is 554. The van der Waals surface area contributed by atoms with Crippen molar-refractivity contribution >= 4 is 11.9 Å². The van der Waals surface area contributed by atoms with E-state index in [-0.39, 0.29) is 11.9 Å². The Balaban J connectivity index is 1.53. The van der Waals surface area contributed by atoms with E-state index in [0.717, 1.165) is 37.4 Å². The second-order valence-electron chi connectivity index (χ2n) is 6.25. The van der Waals surface area contributed by atoms with Crippen molar-refractivity contribution < 1.29 is 19.1 Å².